The minimum Gasteiger partial charge on any atom is -0.462 e. The quantitative estimate of drug-likeness (QED) is 0.578. The average molecular weight is 431 g/mol. The second-order valence-electron chi connectivity index (χ2n) is 7.72. The molecule has 0 saturated heterocycles. The molecule has 0 aliphatic carbocycles. The number of hydrogen-bond acceptors (Lipinski definition) is 5. The first-order valence-corrected chi connectivity index (χ1v) is 10.8. The third-order valence-electron chi connectivity index (χ3n) is 5.57. The number of nitrogens with zero attached hydrogens (tertiary/aromatic N) is 2. The summed E-state index contributed by atoms with van der Waals surface area (Å²) in [5.74, 6) is 0.215. The largest absolute Gasteiger partial charge is 0.462 e. The summed E-state index contributed by atoms with van der Waals surface area (Å²) < 4.78 is 5.02. The van der Waals surface area contributed by atoms with Gasteiger partial charge in [-0.15, -0.1) is 0 Å². The monoisotopic (exact) mass is 431 g/mol. The van der Waals surface area contributed by atoms with Gasteiger partial charge in [-0.2, -0.15) is 0 Å². The number of esters is 1. The van der Waals surface area contributed by atoms with Crippen LogP contribution in [0.2, 0.25) is 0 Å². The van der Waals surface area contributed by atoms with Gasteiger partial charge in [0, 0.05) is 31.8 Å². The van der Waals surface area contributed by atoms with Gasteiger partial charge in [0.25, 0.3) is 0 Å². The molecule has 2 aliphatic heterocycles. The molecule has 1 aromatic carbocycles. The van der Waals surface area contributed by atoms with E-state index in [4.69, 9.17) is 4.74 Å². The van der Waals surface area contributed by atoms with Crippen LogP contribution in [-0.4, -0.2) is 47.4 Å². The second-order valence-corrected chi connectivity index (χ2v) is 7.72. The van der Waals surface area contributed by atoms with E-state index in [2.05, 4.69) is 16.4 Å². The zero-order chi connectivity index (χ0) is 22.5. The Kier molecular flexibility index (Phi) is 6.44. The standard InChI is InChI=1S/C25H25N3O4/c1-2-32-25(31)20-6-4-18(5-7-20)19-11-13-28(14-12-19)23(30)10-3-17-15-21-8-9-22(29)27-24(21)26-16-17/h3-7,10-11,15-16H,2,8-9,12-14H2,1H3,(H,26,27,29). The van der Waals surface area contributed by atoms with Crippen molar-refractivity contribution in [3.8, 4) is 0 Å². The van der Waals surface area contributed by atoms with Gasteiger partial charge in [-0.1, -0.05) is 18.2 Å². The average Bonchev–Trinajstić information content (AvgIpc) is 2.83. The Morgan fingerprint density at radius 2 is 2.00 bits per heavy atom. The van der Waals surface area contributed by atoms with Gasteiger partial charge in [0.1, 0.15) is 5.82 Å². The molecule has 3 heterocycles. The molecule has 1 N–H and O–H groups in total. The van der Waals surface area contributed by atoms with E-state index in [9.17, 15) is 14.4 Å². The zero-order valence-electron chi connectivity index (χ0n) is 18.0. The molecule has 2 aliphatic rings. The molecule has 7 heteroatoms. The summed E-state index contributed by atoms with van der Waals surface area (Å²) in [6.07, 6.45) is 8.90. The van der Waals surface area contributed by atoms with E-state index in [0.717, 1.165) is 28.7 Å². The first-order valence-electron chi connectivity index (χ1n) is 10.8. The molecule has 4 rings (SSSR count). The summed E-state index contributed by atoms with van der Waals surface area (Å²) >= 11 is 0. The number of ether oxygens (including phenoxy) is 1. The summed E-state index contributed by atoms with van der Waals surface area (Å²) in [6, 6.07) is 9.33. The van der Waals surface area contributed by atoms with Crippen molar-refractivity contribution in [3.05, 3.63) is 70.9 Å². The van der Waals surface area contributed by atoms with Crippen LogP contribution in [0.4, 0.5) is 5.82 Å². The molecule has 1 aromatic heterocycles. The predicted molar refractivity (Wildman–Crippen MR) is 122 cm³/mol. The van der Waals surface area contributed by atoms with Gasteiger partial charge in [0.2, 0.25) is 11.8 Å². The third kappa shape index (κ3) is 4.94. The number of pyridine rings is 1. The molecule has 164 valence electrons. The Morgan fingerprint density at radius 3 is 2.72 bits per heavy atom. The minimum atomic E-state index is -0.320. The predicted octanol–water partition coefficient (Wildman–Crippen LogP) is 3.47. The fraction of sp³-hybridized carbons (Fsp3) is 0.280. The van der Waals surface area contributed by atoms with Crippen LogP contribution in [0.15, 0.2) is 48.7 Å². The van der Waals surface area contributed by atoms with Crippen molar-refractivity contribution >= 4 is 35.3 Å². The van der Waals surface area contributed by atoms with Gasteiger partial charge < -0.3 is 15.0 Å². The van der Waals surface area contributed by atoms with Crippen LogP contribution < -0.4 is 5.32 Å². The SMILES string of the molecule is CCOC(=O)c1ccc(C2=CCN(C(=O)C=Cc3cnc4c(c3)CCC(=O)N4)CC2)cc1. The number of rotatable bonds is 5. The molecule has 0 saturated carbocycles. The zero-order valence-corrected chi connectivity index (χ0v) is 18.0. The van der Waals surface area contributed by atoms with Crippen LogP contribution >= 0.6 is 0 Å². The number of benzene rings is 1. The number of hydrogen-bond donors (Lipinski definition) is 1. The fourth-order valence-electron chi connectivity index (χ4n) is 3.81. The number of fused-ring (bicyclic) bond motifs is 1. The van der Waals surface area contributed by atoms with Crippen molar-refractivity contribution in [2.24, 2.45) is 0 Å². The van der Waals surface area contributed by atoms with Gasteiger partial charge in [-0.3, -0.25) is 9.59 Å². The van der Waals surface area contributed by atoms with Crippen molar-refractivity contribution in [1.82, 2.24) is 9.88 Å². The number of aromatic nitrogens is 1. The maximum Gasteiger partial charge on any atom is 0.338 e. The molecular weight excluding hydrogens is 406 g/mol. The van der Waals surface area contributed by atoms with E-state index in [1.165, 1.54) is 0 Å². The fourth-order valence-corrected chi connectivity index (χ4v) is 3.81. The number of carbonyl (C=O) groups excluding carboxylic acids is 3. The van der Waals surface area contributed by atoms with Crippen molar-refractivity contribution in [1.29, 1.82) is 0 Å². The number of aryl methyl sites for hydroxylation is 1. The van der Waals surface area contributed by atoms with E-state index in [-0.39, 0.29) is 17.8 Å². The Hall–Kier alpha value is -3.74. The third-order valence-corrected chi connectivity index (χ3v) is 5.57. The number of anilines is 1. The normalized spacial score (nSPS) is 15.7. The topological polar surface area (TPSA) is 88.6 Å². The number of amides is 2. The van der Waals surface area contributed by atoms with Crippen molar-refractivity contribution in [2.45, 2.75) is 26.2 Å². The van der Waals surface area contributed by atoms with Crippen LogP contribution in [0.1, 0.15) is 46.8 Å². The lowest BCUT2D eigenvalue weighted by molar-refractivity contribution is -0.125. The lowest BCUT2D eigenvalue weighted by Gasteiger charge is -2.25. The highest BCUT2D eigenvalue weighted by atomic mass is 16.5. The molecule has 32 heavy (non-hydrogen) atoms. The summed E-state index contributed by atoms with van der Waals surface area (Å²) in [4.78, 5) is 41.9. The molecular formula is C25H25N3O4. The summed E-state index contributed by atoms with van der Waals surface area (Å²) in [5, 5.41) is 2.76. The molecule has 0 spiro atoms. The highest BCUT2D eigenvalue weighted by Gasteiger charge is 2.18. The van der Waals surface area contributed by atoms with Gasteiger partial charge in [0.15, 0.2) is 0 Å². The molecule has 0 fully saturated rings. The van der Waals surface area contributed by atoms with E-state index in [1.54, 1.807) is 42.3 Å². The second kappa shape index (κ2) is 9.60. The van der Waals surface area contributed by atoms with Crippen LogP contribution in [0.5, 0.6) is 0 Å². The Balaban J connectivity index is 1.36. The Morgan fingerprint density at radius 1 is 1.19 bits per heavy atom. The van der Waals surface area contributed by atoms with Crippen molar-refractivity contribution in [2.75, 3.05) is 25.0 Å². The van der Waals surface area contributed by atoms with Crippen molar-refractivity contribution < 1.29 is 19.1 Å². The summed E-state index contributed by atoms with van der Waals surface area (Å²) in [5.41, 5.74) is 4.57. The van der Waals surface area contributed by atoms with Crippen LogP contribution in [0.3, 0.4) is 0 Å². The molecule has 2 aromatic rings. The highest BCUT2D eigenvalue weighted by molar-refractivity contribution is 5.94. The van der Waals surface area contributed by atoms with E-state index >= 15 is 0 Å². The molecule has 0 bridgehead atoms. The smallest absolute Gasteiger partial charge is 0.338 e. The maximum absolute atomic E-state index is 12.6. The number of nitrogens with one attached hydrogen (secondary N) is 1. The van der Waals surface area contributed by atoms with E-state index in [0.29, 0.717) is 43.9 Å². The van der Waals surface area contributed by atoms with Crippen molar-refractivity contribution in [3.63, 3.8) is 0 Å². The van der Waals surface area contributed by atoms with Gasteiger partial charge >= 0.3 is 5.97 Å². The molecule has 0 radical (unpaired) electrons. The molecule has 0 unspecified atom stereocenters. The molecule has 0 atom stereocenters. The summed E-state index contributed by atoms with van der Waals surface area (Å²) in [7, 11) is 0. The lowest BCUT2D eigenvalue weighted by Crippen LogP contribution is -2.33. The van der Waals surface area contributed by atoms with Crippen LogP contribution in [-0.2, 0) is 20.7 Å². The van der Waals surface area contributed by atoms with Crippen LogP contribution in [0, 0.1) is 0 Å². The Bertz CT molecular complexity index is 1100. The van der Waals surface area contributed by atoms with E-state index in [1.807, 2.05) is 18.2 Å². The van der Waals surface area contributed by atoms with Gasteiger partial charge in [-0.05, 0) is 66.3 Å². The lowest BCUT2D eigenvalue weighted by atomic mass is 9.98. The van der Waals surface area contributed by atoms with Gasteiger partial charge in [-0.25, -0.2) is 9.78 Å². The molecule has 2 amide bonds. The highest BCUT2D eigenvalue weighted by Crippen LogP contribution is 2.24. The maximum atomic E-state index is 12.6. The minimum absolute atomic E-state index is 0.0177. The van der Waals surface area contributed by atoms with Crippen LogP contribution in [0.25, 0.3) is 11.6 Å². The first kappa shape index (κ1) is 21.5. The number of carbonyl (C=O) groups is 3. The first-order chi connectivity index (χ1) is 15.5. The molecule has 7 nitrogen and oxygen atoms in total. The van der Waals surface area contributed by atoms with Gasteiger partial charge in [0.05, 0.1) is 12.2 Å². The van der Waals surface area contributed by atoms with E-state index < -0.39 is 0 Å². The summed E-state index contributed by atoms with van der Waals surface area (Å²) in [6.45, 7) is 3.30. The Labute approximate surface area is 186 Å².